The molecule has 1 heterocycles. The molecule has 0 bridgehead atoms. The van der Waals surface area contributed by atoms with E-state index >= 15 is 0 Å². The van der Waals surface area contributed by atoms with E-state index < -0.39 is 5.91 Å². The van der Waals surface area contributed by atoms with Crippen LogP contribution in [0.15, 0.2) is 36.7 Å². The Labute approximate surface area is 115 Å². The molecule has 4 N–H and O–H groups in total. The van der Waals surface area contributed by atoms with Crippen LogP contribution in [0.4, 0.5) is 5.95 Å². The van der Waals surface area contributed by atoms with E-state index in [4.69, 9.17) is 11.1 Å². The number of benzene rings is 1. The second kappa shape index (κ2) is 6.26. The molecule has 20 heavy (non-hydrogen) atoms. The molecule has 0 atom stereocenters. The summed E-state index contributed by atoms with van der Waals surface area (Å²) in [5.41, 5.74) is 3.90. The van der Waals surface area contributed by atoms with E-state index in [2.05, 4.69) is 21.4 Å². The fraction of sp³-hybridized carbons (Fsp3) is 0.0769. The molecule has 0 radical (unpaired) electrons. The number of nitrogens with zero attached hydrogens (tertiary/aromatic N) is 3. The van der Waals surface area contributed by atoms with E-state index in [1.54, 1.807) is 12.1 Å². The number of nitrogen functional groups attached to an aromatic ring is 1. The molecule has 0 aliphatic carbocycles. The van der Waals surface area contributed by atoms with Crippen LogP contribution in [-0.2, 0) is 6.54 Å². The van der Waals surface area contributed by atoms with Gasteiger partial charge in [-0.05, 0) is 17.7 Å². The first-order valence-electron chi connectivity index (χ1n) is 5.79. The van der Waals surface area contributed by atoms with Crippen molar-refractivity contribution in [3.8, 4) is 6.07 Å². The zero-order chi connectivity index (χ0) is 14.4. The first-order chi connectivity index (χ1) is 9.72. The largest absolute Gasteiger partial charge is 0.350 e. The Morgan fingerprint density at radius 2 is 1.90 bits per heavy atom. The number of hydrazine groups is 1. The number of hydrogen-bond donors (Lipinski definition) is 3. The van der Waals surface area contributed by atoms with Gasteiger partial charge in [0.2, 0.25) is 5.95 Å². The average molecular weight is 268 g/mol. The van der Waals surface area contributed by atoms with Crippen LogP contribution >= 0.6 is 0 Å². The Morgan fingerprint density at radius 3 is 2.45 bits per heavy atom. The summed E-state index contributed by atoms with van der Waals surface area (Å²) < 4.78 is 0. The Bertz CT molecular complexity index is 629. The smallest absolute Gasteiger partial charge is 0.268 e. The fourth-order valence-electron chi connectivity index (χ4n) is 1.50. The number of aromatic nitrogens is 2. The summed E-state index contributed by atoms with van der Waals surface area (Å²) in [5, 5.41) is 11.7. The van der Waals surface area contributed by atoms with Gasteiger partial charge in [-0.3, -0.25) is 10.2 Å². The normalized spacial score (nSPS) is 9.60. The first-order valence-corrected chi connectivity index (χ1v) is 5.79. The molecule has 0 spiro atoms. The molecule has 2 rings (SSSR count). The number of anilines is 1. The van der Waals surface area contributed by atoms with Crippen LogP contribution in [0.2, 0.25) is 0 Å². The highest BCUT2D eigenvalue weighted by Crippen LogP contribution is 2.06. The van der Waals surface area contributed by atoms with Gasteiger partial charge in [0, 0.05) is 18.9 Å². The van der Waals surface area contributed by atoms with Crippen molar-refractivity contribution in [2.24, 2.45) is 5.84 Å². The fourth-order valence-corrected chi connectivity index (χ4v) is 1.50. The van der Waals surface area contributed by atoms with Gasteiger partial charge >= 0.3 is 0 Å². The van der Waals surface area contributed by atoms with E-state index in [0.29, 0.717) is 18.1 Å². The van der Waals surface area contributed by atoms with E-state index in [-0.39, 0.29) is 5.56 Å². The SMILES string of the molecule is N#Cc1ccc(CNc2ncc(C(=O)NN)cn2)cc1. The number of carbonyl (C=O) groups is 1. The van der Waals surface area contributed by atoms with Crippen molar-refractivity contribution in [1.29, 1.82) is 5.26 Å². The predicted molar refractivity (Wildman–Crippen MR) is 72.2 cm³/mol. The lowest BCUT2D eigenvalue weighted by molar-refractivity contribution is 0.0953. The molecule has 2 aromatic rings. The molecule has 0 aliphatic heterocycles. The minimum atomic E-state index is -0.441. The van der Waals surface area contributed by atoms with Gasteiger partial charge < -0.3 is 5.32 Å². The van der Waals surface area contributed by atoms with Crippen LogP contribution in [0.25, 0.3) is 0 Å². The van der Waals surface area contributed by atoms with Gasteiger partial charge in [0.05, 0.1) is 17.2 Å². The van der Waals surface area contributed by atoms with Gasteiger partial charge in [-0.25, -0.2) is 15.8 Å². The maximum absolute atomic E-state index is 11.2. The van der Waals surface area contributed by atoms with Crippen molar-refractivity contribution in [3.05, 3.63) is 53.3 Å². The van der Waals surface area contributed by atoms with Crippen LogP contribution in [0.1, 0.15) is 21.5 Å². The Kier molecular flexibility index (Phi) is 4.21. The molecule has 0 aliphatic rings. The van der Waals surface area contributed by atoms with Crippen LogP contribution in [0.5, 0.6) is 0 Å². The molecule has 1 aromatic heterocycles. The second-order valence-electron chi connectivity index (χ2n) is 3.93. The molecule has 0 unspecified atom stereocenters. The molecule has 7 nitrogen and oxygen atoms in total. The average Bonchev–Trinajstić information content (AvgIpc) is 2.53. The second-order valence-corrected chi connectivity index (χ2v) is 3.93. The summed E-state index contributed by atoms with van der Waals surface area (Å²) in [4.78, 5) is 19.2. The highest BCUT2D eigenvalue weighted by molar-refractivity contribution is 5.93. The van der Waals surface area contributed by atoms with Gasteiger partial charge in [0.1, 0.15) is 0 Å². The quantitative estimate of drug-likeness (QED) is 0.424. The zero-order valence-electron chi connectivity index (χ0n) is 10.5. The van der Waals surface area contributed by atoms with Gasteiger partial charge in [-0.15, -0.1) is 0 Å². The van der Waals surface area contributed by atoms with Crippen molar-refractivity contribution in [2.45, 2.75) is 6.54 Å². The van der Waals surface area contributed by atoms with E-state index in [9.17, 15) is 4.79 Å². The standard InChI is InChI=1S/C13H12N6O/c14-5-9-1-3-10(4-2-9)6-16-13-17-7-11(8-18-13)12(20)19-15/h1-4,7-8H,6,15H2,(H,19,20)(H,16,17,18). The summed E-state index contributed by atoms with van der Waals surface area (Å²) >= 11 is 0. The first kappa shape index (κ1) is 13.5. The molecule has 0 fully saturated rings. The number of nitrogens with one attached hydrogen (secondary N) is 2. The maximum atomic E-state index is 11.2. The summed E-state index contributed by atoms with van der Waals surface area (Å²) in [6.45, 7) is 0.522. The van der Waals surface area contributed by atoms with Crippen LogP contribution in [0, 0.1) is 11.3 Å². The van der Waals surface area contributed by atoms with Gasteiger partial charge in [0.25, 0.3) is 5.91 Å². The van der Waals surface area contributed by atoms with Crippen LogP contribution < -0.4 is 16.6 Å². The number of amides is 1. The van der Waals surface area contributed by atoms with Crippen molar-refractivity contribution in [1.82, 2.24) is 15.4 Å². The molecule has 0 saturated heterocycles. The van der Waals surface area contributed by atoms with Crippen LogP contribution in [0.3, 0.4) is 0 Å². The highest BCUT2D eigenvalue weighted by Gasteiger charge is 2.04. The summed E-state index contributed by atoms with van der Waals surface area (Å²) in [6.07, 6.45) is 2.77. The van der Waals surface area contributed by atoms with Gasteiger partial charge in [-0.1, -0.05) is 12.1 Å². The Balaban J connectivity index is 1.96. The zero-order valence-corrected chi connectivity index (χ0v) is 10.5. The van der Waals surface area contributed by atoms with E-state index in [1.807, 2.05) is 17.6 Å². The van der Waals surface area contributed by atoms with Gasteiger partial charge in [0.15, 0.2) is 0 Å². The predicted octanol–water partition coefficient (Wildman–Crippen LogP) is 0.564. The Morgan fingerprint density at radius 1 is 1.25 bits per heavy atom. The van der Waals surface area contributed by atoms with Crippen LogP contribution in [-0.4, -0.2) is 15.9 Å². The molecule has 0 saturated carbocycles. The minimum absolute atomic E-state index is 0.288. The molecular formula is C13H12N6O. The summed E-state index contributed by atoms with van der Waals surface area (Å²) in [7, 11) is 0. The lowest BCUT2D eigenvalue weighted by Gasteiger charge is -2.05. The van der Waals surface area contributed by atoms with Gasteiger partial charge in [-0.2, -0.15) is 5.26 Å². The number of nitriles is 1. The Hall–Kier alpha value is -2.98. The lowest BCUT2D eigenvalue weighted by atomic mass is 10.1. The monoisotopic (exact) mass is 268 g/mol. The third-order valence-corrected chi connectivity index (χ3v) is 2.58. The molecule has 1 aromatic carbocycles. The third-order valence-electron chi connectivity index (χ3n) is 2.58. The number of nitrogens with two attached hydrogens (primary N) is 1. The molecular weight excluding hydrogens is 256 g/mol. The van der Waals surface area contributed by atoms with E-state index in [1.165, 1.54) is 12.4 Å². The van der Waals surface area contributed by atoms with Crippen molar-refractivity contribution < 1.29 is 4.79 Å². The maximum Gasteiger partial charge on any atom is 0.268 e. The highest BCUT2D eigenvalue weighted by atomic mass is 16.2. The number of hydrogen-bond acceptors (Lipinski definition) is 6. The van der Waals surface area contributed by atoms with E-state index in [0.717, 1.165) is 5.56 Å². The molecule has 1 amide bonds. The van der Waals surface area contributed by atoms with Crippen molar-refractivity contribution in [2.75, 3.05) is 5.32 Å². The molecule has 7 heteroatoms. The lowest BCUT2D eigenvalue weighted by Crippen LogP contribution is -2.30. The number of rotatable bonds is 4. The van der Waals surface area contributed by atoms with Crippen molar-refractivity contribution in [3.63, 3.8) is 0 Å². The summed E-state index contributed by atoms with van der Waals surface area (Å²) in [6, 6.07) is 9.24. The summed E-state index contributed by atoms with van der Waals surface area (Å²) in [5.74, 6) is 4.97. The number of carbonyl (C=O) groups excluding carboxylic acids is 1. The topological polar surface area (TPSA) is 117 Å². The minimum Gasteiger partial charge on any atom is -0.350 e. The van der Waals surface area contributed by atoms with Crippen molar-refractivity contribution >= 4 is 11.9 Å². The third kappa shape index (κ3) is 3.28. The molecule has 100 valence electrons.